The minimum atomic E-state index is -0.226. The molecule has 0 aliphatic carbocycles. The lowest BCUT2D eigenvalue weighted by Crippen LogP contribution is -2.12. The van der Waals surface area contributed by atoms with Crippen molar-refractivity contribution in [2.24, 2.45) is 0 Å². The van der Waals surface area contributed by atoms with Gasteiger partial charge in [0.25, 0.3) is 5.91 Å². The van der Waals surface area contributed by atoms with Gasteiger partial charge in [0.1, 0.15) is 5.75 Å². The first-order chi connectivity index (χ1) is 9.51. The van der Waals surface area contributed by atoms with Crippen LogP contribution in [0, 0.1) is 6.92 Å². The van der Waals surface area contributed by atoms with E-state index < -0.39 is 0 Å². The molecule has 20 heavy (non-hydrogen) atoms. The van der Waals surface area contributed by atoms with Crippen molar-refractivity contribution >= 4 is 39.1 Å². The fourth-order valence-electron chi connectivity index (χ4n) is 1.67. The number of hydrogen-bond donors (Lipinski definition) is 1. The first kappa shape index (κ1) is 14.9. The number of benzene rings is 2. The average molecular weight is 355 g/mol. The molecule has 104 valence electrons. The lowest BCUT2D eigenvalue weighted by molar-refractivity contribution is 0.102. The van der Waals surface area contributed by atoms with E-state index in [2.05, 4.69) is 21.2 Å². The largest absolute Gasteiger partial charge is 0.497 e. The summed E-state index contributed by atoms with van der Waals surface area (Å²) in [6.07, 6.45) is 0. The molecule has 0 bridgehead atoms. The van der Waals surface area contributed by atoms with Gasteiger partial charge in [-0.2, -0.15) is 0 Å². The standard InChI is InChI=1S/C15H13BrClNO2/c1-9-3-4-10(7-14(9)17)18-15(19)12-8-11(20-2)5-6-13(12)16/h3-8H,1-2H3,(H,18,19). The number of carbonyl (C=O) groups excluding carboxylic acids is 1. The second kappa shape index (κ2) is 6.29. The summed E-state index contributed by atoms with van der Waals surface area (Å²) in [4.78, 5) is 12.3. The van der Waals surface area contributed by atoms with Crippen LogP contribution < -0.4 is 10.1 Å². The second-order valence-electron chi connectivity index (χ2n) is 4.26. The topological polar surface area (TPSA) is 38.3 Å². The van der Waals surface area contributed by atoms with E-state index in [0.29, 0.717) is 26.5 Å². The van der Waals surface area contributed by atoms with Crippen LogP contribution in [0.15, 0.2) is 40.9 Å². The van der Waals surface area contributed by atoms with Gasteiger partial charge in [-0.3, -0.25) is 4.79 Å². The van der Waals surface area contributed by atoms with Crippen molar-refractivity contribution in [1.82, 2.24) is 0 Å². The molecule has 5 heteroatoms. The second-order valence-corrected chi connectivity index (χ2v) is 5.53. The molecule has 2 rings (SSSR count). The van der Waals surface area contributed by atoms with Gasteiger partial charge in [-0.05, 0) is 58.7 Å². The fraction of sp³-hybridized carbons (Fsp3) is 0.133. The summed E-state index contributed by atoms with van der Waals surface area (Å²) in [6.45, 7) is 1.91. The molecule has 0 aliphatic rings. The molecule has 0 heterocycles. The quantitative estimate of drug-likeness (QED) is 0.869. The Morgan fingerprint density at radius 1 is 1.25 bits per heavy atom. The fourth-order valence-corrected chi connectivity index (χ4v) is 2.28. The molecule has 0 unspecified atom stereocenters. The van der Waals surface area contributed by atoms with Crippen LogP contribution in [-0.2, 0) is 0 Å². The molecule has 1 N–H and O–H groups in total. The molecule has 0 spiro atoms. The van der Waals surface area contributed by atoms with Crippen LogP contribution in [-0.4, -0.2) is 13.0 Å². The highest BCUT2D eigenvalue weighted by atomic mass is 79.9. The van der Waals surface area contributed by atoms with E-state index in [9.17, 15) is 4.79 Å². The minimum Gasteiger partial charge on any atom is -0.497 e. The van der Waals surface area contributed by atoms with Crippen LogP contribution in [0.1, 0.15) is 15.9 Å². The van der Waals surface area contributed by atoms with Crippen LogP contribution in [0.4, 0.5) is 5.69 Å². The van der Waals surface area contributed by atoms with Crippen molar-refractivity contribution in [1.29, 1.82) is 0 Å². The maximum absolute atomic E-state index is 12.3. The first-order valence-corrected chi connectivity index (χ1v) is 7.09. The summed E-state index contributed by atoms with van der Waals surface area (Å²) in [5, 5.41) is 3.43. The Kier molecular flexibility index (Phi) is 4.68. The third kappa shape index (κ3) is 3.32. The Morgan fingerprint density at radius 3 is 2.65 bits per heavy atom. The molecule has 0 aromatic heterocycles. The number of amides is 1. The molecule has 0 radical (unpaired) electrons. The summed E-state index contributed by atoms with van der Waals surface area (Å²) in [5.74, 6) is 0.399. The number of carbonyl (C=O) groups is 1. The molecule has 2 aromatic rings. The predicted octanol–water partition coefficient (Wildman–Crippen LogP) is 4.67. The van der Waals surface area contributed by atoms with Gasteiger partial charge < -0.3 is 10.1 Å². The molecule has 1 amide bonds. The Labute approximate surface area is 131 Å². The smallest absolute Gasteiger partial charge is 0.256 e. The van der Waals surface area contributed by atoms with E-state index in [1.165, 1.54) is 0 Å². The van der Waals surface area contributed by atoms with Crippen LogP contribution in [0.3, 0.4) is 0 Å². The van der Waals surface area contributed by atoms with Gasteiger partial charge in [0.05, 0.1) is 12.7 Å². The maximum atomic E-state index is 12.3. The summed E-state index contributed by atoms with van der Waals surface area (Å²) >= 11 is 9.40. The van der Waals surface area contributed by atoms with Crippen molar-refractivity contribution < 1.29 is 9.53 Å². The first-order valence-electron chi connectivity index (χ1n) is 5.92. The van der Waals surface area contributed by atoms with Crippen molar-refractivity contribution in [3.63, 3.8) is 0 Å². The van der Waals surface area contributed by atoms with Gasteiger partial charge in [0.2, 0.25) is 0 Å². The Balaban J connectivity index is 2.25. The van der Waals surface area contributed by atoms with E-state index in [1.54, 1.807) is 31.4 Å². The van der Waals surface area contributed by atoms with E-state index in [-0.39, 0.29) is 5.91 Å². The van der Waals surface area contributed by atoms with Gasteiger partial charge in [-0.25, -0.2) is 0 Å². The lowest BCUT2D eigenvalue weighted by Gasteiger charge is -2.09. The maximum Gasteiger partial charge on any atom is 0.256 e. The third-order valence-corrected chi connectivity index (χ3v) is 3.95. The molecule has 2 aromatic carbocycles. The highest BCUT2D eigenvalue weighted by Gasteiger charge is 2.12. The predicted molar refractivity (Wildman–Crippen MR) is 84.8 cm³/mol. The van der Waals surface area contributed by atoms with Crippen LogP contribution in [0.25, 0.3) is 0 Å². The molecule has 0 saturated heterocycles. The number of hydrogen-bond acceptors (Lipinski definition) is 2. The SMILES string of the molecule is COc1ccc(Br)c(C(=O)Nc2ccc(C)c(Cl)c2)c1. The normalized spacial score (nSPS) is 10.2. The van der Waals surface area contributed by atoms with Crippen LogP contribution in [0.5, 0.6) is 5.75 Å². The highest BCUT2D eigenvalue weighted by Crippen LogP contribution is 2.25. The van der Waals surface area contributed by atoms with Crippen molar-refractivity contribution in [2.45, 2.75) is 6.92 Å². The Morgan fingerprint density at radius 2 is 2.00 bits per heavy atom. The highest BCUT2D eigenvalue weighted by molar-refractivity contribution is 9.10. The van der Waals surface area contributed by atoms with Gasteiger partial charge in [-0.15, -0.1) is 0 Å². The summed E-state index contributed by atoms with van der Waals surface area (Å²) in [6, 6.07) is 10.6. The summed E-state index contributed by atoms with van der Waals surface area (Å²) < 4.78 is 5.83. The zero-order valence-electron chi connectivity index (χ0n) is 11.0. The Hall–Kier alpha value is -1.52. The van der Waals surface area contributed by atoms with Crippen molar-refractivity contribution in [3.05, 3.63) is 57.0 Å². The van der Waals surface area contributed by atoms with Gasteiger partial charge >= 0.3 is 0 Å². The molecule has 3 nitrogen and oxygen atoms in total. The zero-order chi connectivity index (χ0) is 14.7. The molecular weight excluding hydrogens is 342 g/mol. The number of methoxy groups -OCH3 is 1. The van der Waals surface area contributed by atoms with Gasteiger partial charge in [-0.1, -0.05) is 17.7 Å². The minimum absolute atomic E-state index is 0.226. The lowest BCUT2D eigenvalue weighted by atomic mass is 10.2. The zero-order valence-corrected chi connectivity index (χ0v) is 13.4. The number of ether oxygens (including phenoxy) is 1. The average Bonchev–Trinajstić information content (AvgIpc) is 2.43. The van der Waals surface area contributed by atoms with E-state index in [0.717, 1.165) is 5.56 Å². The number of nitrogens with one attached hydrogen (secondary N) is 1. The van der Waals surface area contributed by atoms with Crippen molar-refractivity contribution in [3.8, 4) is 5.75 Å². The number of halogens is 2. The molecule has 0 fully saturated rings. The van der Waals surface area contributed by atoms with E-state index in [1.807, 2.05) is 19.1 Å². The Bertz CT molecular complexity index is 658. The van der Waals surface area contributed by atoms with Gasteiger partial charge in [0.15, 0.2) is 0 Å². The van der Waals surface area contributed by atoms with Crippen LogP contribution in [0.2, 0.25) is 5.02 Å². The number of rotatable bonds is 3. The van der Waals surface area contributed by atoms with Crippen LogP contribution >= 0.6 is 27.5 Å². The number of anilines is 1. The third-order valence-electron chi connectivity index (χ3n) is 2.85. The molecule has 0 aliphatic heterocycles. The summed E-state index contributed by atoms with van der Waals surface area (Å²) in [7, 11) is 1.56. The number of aryl methyl sites for hydroxylation is 1. The molecule has 0 saturated carbocycles. The van der Waals surface area contributed by atoms with E-state index >= 15 is 0 Å². The van der Waals surface area contributed by atoms with Gasteiger partial charge in [0, 0.05) is 15.2 Å². The monoisotopic (exact) mass is 353 g/mol. The van der Waals surface area contributed by atoms with E-state index in [4.69, 9.17) is 16.3 Å². The molecular formula is C15H13BrClNO2. The summed E-state index contributed by atoms with van der Waals surface area (Å²) in [5.41, 5.74) is 2.12. The molecule has 0 atom stereocenters. The van der Waals surface area contributed by atoms with Crippen molar-refractivity contribution in [2.75, 3.05) is 12.4 Å².